The standard InChI is InChI=1S/C17H20FN3O2/c18-14-5-1-2-6-15(14)23-12-17(22)19-9-8-13-11-21-10-4-3-7-16(21)20-13/h1-2,5-6,11H,3-4,7-10,12H2,(H,19,22). The number of aryl methyl sites for hydroxylation is 2. The molecule has 0 radical (unpaired) electrons. The van der Waals surface area contributed by atoms with Gasteiger partial charge in [-0.15, -0.1) is 0 Å². The van der Waals surface area contributed by atoms with E-state index < -0.39 is 5.82 Å². The van der Waals surface area contributed by atoms with Crippen LogP contribution in [0.1, 0.15) is 24.4 Å². The van der Waals surface area contributed by atoms with Crippen LogP contribution in [0.2, 0.25) is 0 Å². The van der Waals surface area contributed by atoms with Crippen molar-refractivity contribution in [2.24, 2.45) is 0 Å². The fraction of sp³-hybridized carbons (Fsp3) is 0.412. The minimum absolute atomic E-state index is 0.0874. The average Bonchev–Trinajstić information content (AvgIpc) is 2.97. The molecular formula is C17H20FN3O2. The van der Waals surface area contributed by atoms with Crippen LogP contribution in [-0.4, -0.2) is 28.6 Å². The third-order valence-corrected chi connectivity index (χ3v) is 3.86. The zero-order chi connectivity index (χ0) is 16.1. The van der Waals surface area contributed by atoms with Crippen molar-refractivity contribution in [3.05, 3.63) is 47.8 Å². The number of hydrogen-bond donors (Lipinski definition) is 1. The summed E-state index contributed by atoms with van der Waals surface area (Å²) in [5.41, 5.74) is 0.997. The van der Waals surface area contributed by atoms with Crippen molar-refractivity contribution in [1.29, 1.82) is 0 Å². The van der Waals surface area contributed by atoms with Crippen LogP contribution in [0.25, 0.3) is 0 Å². The molecule has 6 heteroatoms. The molecule has 2 aromatic rings. The summed E-state index contributed by atoms with van der Waals surface area (Å²) in [6.45, 7) is 1.34. The van der Waals surface area contributed by atoms with E-state index in [1.54, 1.807) is 12.1 Å². The third-order valence-electron chi connectivity index (χ3n) is 3.86. The molecule has 23 heavy (non-hydrogen) atoms. The predicted molar refractivity (Wildman–Crippen MR) is 83.8 cm³/mol. The summed E-state index contributed by atoms with van der Waals surface area (Å²) in [4.78, 5) is 16.3. The number of benzene rings is 1. The van der Waals surface area contributed by atoms with Crippen LogP contribution >= 0.6 is 0 Å². The summed E-state index contributed by atoms with van der Waals surface area (Å²) in [5.74, 6) is 0.492. The Morgan fingerprint density at radius 3 is 3.04 bits per heavy atom. The summed E-state index contributed by atoms with van der Waals surface area (Å²) in [5, 5.41) is 2.77. The lowest BCUT2D eigenvalue weighted by Gasteiger charge is -2.11. The van der Waals surface area contributed by atoms with Gasteiger partial charge < -0.3 is 14.6 Å². The third kappa shape index (κ3) is 4.09. The largest absolute Gasteiger partial charge is 0.481 e. The summed E-state index contributed by atoms with van der Waals surface area (Å²) in [7, 11) is 0. The number of carbonyl (C=O) groups is 1. The molecule has 122 valence electrons. The molecule has 1 aliphatic rings. The Kier molecular flexibility index (Phi) is 4.90. The van der Waals surface area contributed by atoms with Crippen molar-refractivity contribution in [2.45, 2.75) is 32.2 Å². The smallest absolute Gasteiger partial charge is 0.257 e. The van der Waals surface area contributed by atoms with Gasteiger partial charge in [-0.1, -0.05) is 12.1 Å². The van der Waals surface area contributed by atoms with Crippen molar-refractivity contribution in [1.82, 2.24) is 14.9 Å². The molecule has 0 aliphatic carbocycles. The molecule has 0 atom stereocenters. The normalized spacial score (nSPS) is 13.4. The van der Waals surface area contributed by atoms with E-state index in [1.807, 2.05) is 0 Å². The summed E-state index contributed by atoms with van der Waals surface area (Å²) in [6, 6.07) is 6.04. The second-order valence-electron chi connectivity index (χ2n) is 5.62. The number of hydrogen-bond acceptors (Lipinski definition) is 3. The van der Waals surface area contributed by atoms with E-state index in [1.165, 1.54) is 25.0 Å². The average molecular weight is 317 g/mol. The lowest BCUT2D eigenvalue weighted by Crippen LogP contribution is -2.30. The van der Waals surface area contributed by atoms with E-state index >= 15 is 0 Å². The highest BCUT2D eigenvalue weighted by atomic mass is 19.1. The summed E-state index contributed by atoms with van der Waals surface area (Å²) in [6.07, 6.45) is 6.18. The van der Waals surface area contributed by atoms with Crippen molar-refractivity contribution in [3.8, 4) is 5.75 Å². The molecule has 0 saturated carbocycles. The van der Waals surface area contributed by atoms with Crippen LogP contribution in [0.5, 0.6) is 5.75 Å². The van der Waals surface area contributed by atoms with Gasteiger partial charge in [0.05, 0.1) is 5.69 Å². The van der Waals surface area contributed by atoms with Crippen LogP contribution < -0.4 is 10.1 Å². The summed E-state index contributed by atoms with van der Waals surface area (Å²) >= 11 is 0. The van der Waals surface area contributed by atoms with Gasteiger partial charge in [-0.05, 0) is 25.0 Å². The van der Waals surface area contributed by atoms with E-state index in [0.29, 0.717) is 13.0 Å². The molecule has 3 rings (SSSR count). The highest BCUT2D eigenvalue weighted by Crippen LogP contribution is 2.15. The number of halogens is 1. The van der Waals surface area contributed by atoms with Crippen LogP contribution in [0, 0.1) is 5.82 Å². The Morgan fingerprint density at radius 1 is 1.35 bits per heavy atom. The molecule has 1 amide bonds. The maximum Gasteiger partial charge on any atom is 0.257 e. The molecule has 1 aliphatic heterocycles. The van der Waals surface area contributed by atoms with Crippen LogP contribution in [0.4, 0.5) is 4.39 Å². The summed E-state index contributed by atoms with van der Waals surface area (Å²) < 4.78 is 20.7. The van der Waals surface area contributed by atoms with Crippen molar-refractivity contribution in [2.75, 3.05) is 13.2 Å². The number of carbonyl (C=O) groups excluding carboxylic acids is 1. The second-order valence-corrected chi connectivity index (χ2v) is 5.62. The highest BCUT2D eigenvalue weighted by molar-refractivity contribution is 5.77. The van der Waals surface area contributed by atoms with Gasteiger partial charge in [-0.3, -0.25) is 4.79 Å². The number of nitrogens with zero attached hydrogens (tertiary/aromatic N) is 2. The van der Waals surface area contributed by atoms with E-state index in [2.05, 4.69) is 21.1 Å². The Hall–Kier alpha value is -2.37. The number of amides is 1. The number of imidazole rings is 1. The number of ether oxygens (including phenoxy) is 1. The highest BCUT2D eigenvalue weighted by Gasteiger charge is 2.12. The minimum atomic E-state index is -0.469. The van der Waals surface area contributed by atoms with Crippen LogP contribution in [0.15, 0.2) is 30.5 Å². The van der Waals surface area contributed by atoms with Crippen molar-refractivity contribution in [3.63, 3.8) is 0 Å². The topological polar surface area (TPSA) is 56.1 Å². The molecule has 1 aromatic carbocycles. The number of fused-ring (bicyclic) bond motifs is 1. The van der Waals surface area contributed by atoms with Gasteiger partial charge in [-0.25, -0.2) is 9.37 Å². The number of rotatable bonds is 6. The van der Waals surface area contributed by atoms with E-state index in [-0.39, 0.29) is 18.3 Å². The second kappa shape index (κ2) is 7.26. The molecule has 0 saturated heterocycles. The molecule has 1 aromatic heterocycles. The first kappa shape index (κ1) is 15.5. The first-order valence-electron chi connectivity index (χ1n) is 7.91. The van der Waals surface area contributed by atoms with Gasteiger partial charge >= 0.3 is 0 Å². The van der Waals surface area contributed by atoms with Crippen LogP contribution in [-0.2, 0) is 24.2 Å². The van der Waals surface area contributed by atoms with E-state index in [0.717, 1.165) is 24.5 Å². The molecule has 1 N–H and O–H groups in total. The maximum atomic E-state index is 13.4. The first-order chi connectivity index (χ1) is 11.2. The lowest BCUT2D eigenvalue weighted by atomic mass is 10.2. The molecule has 0 spiro atoms. The Morgan fingerprint density at radius 2 is 2.22 bits per heavy atom. The zero-order valence-electron chi connectivity index (χ0n) is 12.9. The van der Waals surface area contributed by atoms with Crippen molar-refractivity contribution < 1.29 is 13.9 Å². The molecule has 0 fully saturated rings. The number of nitrogens with one attached hydrogen (secondary N) is 1. The fourth-order valence-electron chi connectivity index (χ4n) is 2.68. The monoisotopic (exact) mass is 317 g/mol. The predicted octanol–water partition coefficient (Wildman–Crippen LogP) is 2.10. The molecule has 0 bridgehead atoms. The van der Waals surface area contributed by atoms with Gasteiger partial charge in [-0.2, -0.15) is 0 Å². The molecular weight excluding hydrogens is 297 g/mol. The van der Waals surface area contributed by atoms with Gasteiger partial charge in [0.15, 0.2) is 18.2 Å². The number of aromatic nitrogens is 2. The van der Waals surface area contributed by atoms with Gasteiger partial charge in [0, 0.05) is 32.1 Å². The molecule has 5 nitrogen and oxygen atoms in total. The Balaban J connectivity index is 1.41. The minimum Gasteiger partial charge on any atom is -0.481 e. The van der Waals surface area contributed by atoms with Gasteiger partial charge in [0.2, 0.25) is 0 Å². The van der Waals surface area contributed by atoms with Crippen molar-refractivity contribution >= 4 is 5.91 Å². The zero-order valence-corrected chi connectivity index (χ0v) is 12.9. The lowest BCUT2D eigenvalue weighted by molar-refractivity contribution is -0.123. The molecule has 2 heterocycles. The van der Waals surface area contributed by atoms with E-state index in [9.17, 15) is 9.18 Å². The first-order valence-corrected chi connectivity index (χ1v) is 7.91. The SMILES string of the molecule is O=C(COc1ccccc1F)NCCc1cn2c(n1)CCCC2. The van der Waals surface area contributed by atoms with Gasteiger partial charge in [0.1, 0.15) is 5.82 Å². The van der Waals surface area contributed by atoms with Gasteiger partial charge in [0.25, 0.3) is 5.91 Å². The molecule has 0 unspecified atom stereocenters. The fourth-order valence-corrected chi connectivity index (χ4v) is 2.68. The Bertz CT molecular complexity index is 661. The Labute approximate surface area is 134 Å². The van der Waals surface area contributed by atoms with E-state index in [4.69, 9.17) is 4.74 Å². The maximum absolute atomic E-state index is 13.4. The van der Waals surface area contributed by atoms with Crippen LogP contribution in [0.3, 0.4) is 0 Å². The quantitative estimate of drug-likeness (QED) is 0.887. The number of para-hydroxylation sites is 1.